The van der Waals surface area contributed by atoms with E-state index < -0.39 is 11.6 Å². The maximum absolute atomic E-state index is 13.8. The minimum absolute atomic E-state index is 0.0256. The van der Waals surface area contributed by atoms with E-state index in [9.17, 15) is 13.6 Å². The van der Waals surface area contributed by atoms with Crippen LogP contribution in [0.3, 0.4) is 0 Å². The summed E-state index contributed by atoms with van der Waals surface area (Å²) in [6, 6.07) is 3.40. The van der Waals surface area contributed by atoms with Gasteiger partial charge in [-0.15, -0.1) is 11.3 Å². The van der Waals surface area contributed by atoms with E-state index in [1.807, 2.05) is 0 Å². The van der Waals surface area contributed by atoms with Crippen LogP contribution in [0.4, 0.5) is 13.9 Å². The standard InChI is InChI=1S/C17H16F2N2OS/c18-11-3-4-12(14(19)7-11)15-8-23-17(20-15)21-16(22)13-6-9-1-2-10(13)5-9/h3-4,7-10,13H,1-2,5-6H2,(H,20,21,22). The Morgan fingerprint density at radius 1 is 1.26 bits per heavy atom. The van der Waals surface area contributed by atoms with Gasteiger partial charge in [0.25, 0.3) is 0 Å². The molecule has 2 aliphatic rings. The van der Waals surface area contributed by atoms with E-state index in [2.05, 4.69) is 10.3 Å². The Bertz CT molecular complexity index is 761. The number of benzene rings is 1. The molecule has 2 saturated carbocycles. The highest BCUT2D eigenvalue weighted by molar-refractivity contribution is 7.14. The van der Waals surface area contributed by atoms with Crippen LogP contribution in [-0.4, -0.2) is 10.9 Å². The topological polar surface area (TPSA) is 42.0 Å². The van der Waals surface area contributed by atoms with Crippen molar-refractivity contribution in [2.45, 2.75) is 25.7 Å². The van der Waals surface area contributed by atoms with Gasteiger partial charge in [-0.25, -0.2) is 13.8 Å². The molecule has 2 aromatic rings. The summed E-state index contributed by atoms with van der Waals surface area (Å²) in [6.07, 6.45) is 4.54. The van der Waals surface area contributed by atoms with Gasteiger partial charge < -0.3 is 5.32 Å². The summed E-state index contributed by atoms with van der Waals surface area (Å²) in [7, 11) is 0. The Balaban J connectivity index is 1.49. The highest BCUT2D eigenvalue weighted by Gasteiger charge is 2.43. The quantitative estimate of drug-likeness (QED) is 0.900. The number of fused-ring (bicyclic) bond motifs is 2. The fraction of sp³-hybridized carbons (Fsp3) is 0.412. The molecule has 3 atom stereocenters. The van der Waals surface area contributed by atoms with Gasteiger partial charge in [-0.05, 0) is 43.2 Å². The van der Waals surface area contributed by atoms with Crippen LogP contribution in [0.25, 0.3) is 11.3 Å². The fourth-order valence-electron chi connectivity index (χ4n) is 3.92. The molecule has 1 aromatic carbocycles. The van der Waals surface area contributed by atoms with Crippen molar-refractivity contribution in [1.82, 2.24) is 4.98 Å². The van der Waals surface area contributed by atoms with Crippen LogP contribution >= 0.6 is 11.3 Å². The number of hydrogen-bond donors (Lipinski definition) is 1. The van der Waals surface area contributed by atoms with Gasteiger partial charge in [-0.3, -0.25) is 4.79 Å². The zero-order valence-corrected chi connectivity index (χ0v) is 13.2. The maximum Gasteiger partial charge on any atom is 0.229 e. The van der Waals surface area contributed by atoms with E-state index in [0.717, 1.165) is 18.9 Å². The number of carbonyl (C=O) groups is 1. The van der Waals surface area contributed by atoms with Gasteiger partial charge in [0, 0.05) is 22.9 Å². The third kappa shape index (κ3) is 2.76. The van der Waals surface area contributed by atoms with E-state index in [1.54, 1.807) is 5.38 Å². The van der Waals surface area contributed by atoms with Gasteiger partial charge in [-0.2, -0.15) is 0 Å². The normalized spacial score (nSPS) is 25.7. The predicted octanol–water partition coefficient (Wildman–Crippen LogP) is 4.46. The summed E-state index contributed by atoms with van der Waals surface area (Å²) >= 11 is 1.26. The Labute approximate surface area is 136 Å². The molecule has 0 saturated heterocycles. The van der Waals surface area contributed by atoms with Gasteiger partial charge in [0.2, 0.25) is 5.91 Å². The van der Waals surface area contributed by atoms with Gasteiger partial charge in [0.15, 0.2) is 5.13 Å². The molecule has 23 heavy (non-hydrogen) atoms. The number of halogens is 2. The number of hydrogen-bond acceptors (Lipinski definition) is 3. The van der Waals surface area contributed by atoms with E-state index in [-0.39, 0.29) is 17.4 Å². The number of carbonyl (C=O) groups excluding carboxylic acids is 1. The van der Waals surface area contributed by atoms with Crippen molar-refractivity contribution in [2.24, 2.45) is 17.8 Å². The zero-order valence-electron chi connectivity index (χ0n) is 12.4. The molecule has 1 amide bonds. The summed E-state index contributed by atoms with van der Waals surface area (Å²) in [5.41, 5.74) is 0.652. The number of nitrogens with one attached hydrogen (secondary N) is 1. The van der Waals surface area contributed by atoms with Crippen molar-refractivity contribution in [3.8, 4) is 11.3 Å². The molecular weight excluding hydrogens is 318 g/mol. The van der Waals surface area contributed by atoms with Crippen LogP contribution < -0.4 is 5.32 Å². The van der Waals surface area contributed by atoms with Crippen molar-refractivity contribution >= 4 is 22.4 Å². The van der Waals surface area contributed by atoms with Crippen LogP contribution in [-0.2, 0) is 4.79 Å². The Kier molecular flexibility index (Phi) is 3.64. The maximum atomic E-state index is 13.8. The highest BCUT2D eigenvalue weighted by atomic mass is 32.1. The van der Waals surface area contributed by atoms with Gasteiger partial charge in [0.1, 0.15) is 11.6 Å². The third-order valence-corrected chi connectivity index (χ3v) is 5.77. The number of aromatic nitrogens is 1. The molecule has 0 aliphatic heterocycles. The minimum Gasteiger partial charge on any atom is -0.302 e. The lowest BCUT2D eigenvalue weighted by Gasteiger charge is -2.19. The second-order valence-electron chi connectivity index (χ2n) is 6.43. The number of rotatable bonds is 3. The van der Waals surface area contributed by atoms with Crippen LogP contribution in [0.15, 0.2) is 23.6 Å². The predicted molar refractivity (Wildman–Crippen MR) is 85.0 cm³/mol. The second kappa shape index (κ2) is 5.67. The summed E-state index contributed by atoms with van der Waals surface area (Å²) in [4.78, 5) is 16.7. The van der Waals surface area contributed by atoms with E-state index in [1.165, 1.54) is 36.3 Å². The summed E-state index contributed by atoms with van der Waals surface area (Å²) in [6.45, 7) is 0. The van der Waals surface area contributed by atoms with Crippen molar-refractivity contribution in [3.63, 3.8) is 0 Å². The molecule has 0 spiro atoms. The molecule has 4 rings (SSSR count). The molecule has 1 aromatic heterocycles. The van der Waals surface area contributed by atoms with E-state index >= 15 is 0 Å². The number of anilines is 1. The third-order valence-electron chi connectivity index (χ3n) is 5.02. The average Bonchev–Trinajstić information content (AvgIpc) is 3.23. The van der Waals surface area contributed by atoms with Crippen molar-refractivity contribution in [2.75, 3.05) is 5.32 Å². The molecule has 2 bridgehead atoms. The number of thiazole rings is 1. The summed E-state index contributed by atoms with van der Waals surface area (Å²) in [5, 5.41) is 5.00. The molecule has 2 fully saturated rings. The fourth-order valence-corrected chi connectivity index (χ4v) is 4.63. The van der Waals surface area contributed by atoms with Crippen molar-refractivity contribution in [3.05, 3.63) is 35.2 Å². The summed E-state index contributed by atoms with van der Waals surface area (Å²) < 4.78 is 26.8. The van der Waals surface area contributed by atoms with Crippen LogP contribution in [0, 0.1) is 29.4 Å². The Morgan fingerprint density at radius 2 is 2.13 bits per heavy atom. The van der Waals surface area contributed by atoms with E-state index in [4.69, 9.17) is 0 Å². The molecule has 3 nitrogen and oxygen atoms in total. The van der Waals surface area contributed by atoms with Gasteiger partial charge in [-0.1, -0.05) is 6.42 Å². The Hall–Kier alpha value is -1.82. The first-order chi connectivity index (χ1) is 11.1. The molecular formula is C17H16F2N2OS. The molecule has 0 radical (unpaired) electrons. The van der Waals surface area contributed by atoms with Gasteiger partial charge in [0.05, 0.1) is 5.69 Å². The van der Waals surface area contributed by atoms with Gasteiger partial charge >= 0.3 is 0 Å². The minimum atomic E-state index is -0.652. The lowest BCUT2D eigenvalue weighted by atomic mass is 9.88. The number of amides is 1. The van der Waals surface area contributed by atoms with Crippen LogP contribution in [0.2, 0.25) is 0 Å². The smallest absolute Gasteiger partial charge is 0.229 e. The van der Waals surface area contributed by atoms with Crippen molar-refractivity contribution in [1.29, 1.82) is 0 Å². The molecule has 6 heteroatoms. The first-order valence-electron chi connectivity index (χ1n) is 7.82. The zero-order chi connectivity index (χ0) is 16.0. The average molecular weight is 334 g/mol. The van der Waals surface area contributed by atoms with Crippen molar-refractivity contribution < 1.29 is 13.6 Å². The molecule has 1 heterocycles. The lowest BCUT2D eigenvalue weighted by Crippen LogP contribution is -2.27. The first kappa shape index (κ1) is 14.8. The molecule has 120 valence electrons. The van der Waals surface area contributed by atoms with Crippen LogP contribution in [0.5, 0.6) is 0 Å². The lowest BCUT2D eigenvalue weighted by molar-refractivity contribution is -0.121. The first-order valence-corrected chi connectivity index (χ1v) is 8.70. The second-order valence-corrected chi connectivity index (χ2v) is 7.29. The van der Waals surface area contributed by atoms with Crippen LogP contribution in [0.1, 0.15) is 25.7 Å². The SMILES string of the molecule is O=C(Nc1nc(-c2ccc(F)cc2F)cs1)C1CC2CCC1C2. The molecule has 3 unspecified atom stereocenters. The Morgan fingerprint density at radius 3 is 2.83 bits per heavy atom. The highest BCUT2D eigenvalue weighted by Crippen LogP contribution is 2.48. The van der Waals surface area contributed by atoms with E-state index in [0.29, 0.717) is 22.7 Å². The molecule has 2 aliphatic carbocycles. The molecule has 1 N–H and O–H groups in total. The number of nitrogens with zero attached hydrogens (tertiary/aromatic N) is 1. The monoisotopic (exact) mass is 334 g/mol. The summed E-state index contributed by atoms with van der Waals surface area (Å²) in [5.74, 6) is 0.0544. The largest absolute Gasteiger partial charge is 0.302 e.